The number of rotatable bonds is 6. The highest BCUT2D eigenvalue weighted by Crippen LogP contribution is 2.27. The first-order valence-electron chi connectivity index (χ1n) is 6.97. The number of hydrogen-bond acceptors (Lipinski definition) is 2. The first-order chi connectivity index (χ1) is 9.76. The summed E-state index contributed by atoms with van der Waals surface area (Å²) < 4.78 is 5.27. The van der Waals surface area contributed by atoms with Crippen LogP contribution >= 0.6 is 0 Å². The molecule has 0 fully saturated rings. The van der Waals surface area contributed by atoms with Crippen molar-refractivity contribution in [3.05, 3.63) is 65.7 Å². The molecule has 0 spiro atoms. The maximum absolute atomic E-state index is 12.5. The zero-order valence-corrected chi connectivity index (χ0v) is 12.0. The monoisotopic (exact) mass is 268 g/mol. The third-order valence-corrected chi connectivity index (χ3v) is 3.60. The molecule has 0 saturated carbocycles. The Hall–Kier alpha value is -2.09. The van der Waals surface area contributed by atoms with Crippen LogP contribution in [0.4, 0.5) is 0 Å². The molecule has 0 saturated heterocycles. The lowest BCUT2D eigenvalue weighted by Crippen LogP contribution is -2.08. The van der Waals surface area contributed by atoms with E-state index >= 15 is 0 Å². The molecule has 0 aromatic heterocycles. The molecule has 104 valence electrons. The second-order valence-electron chi connectivity index (χ2n) is 4.84. The van der Waals surface area contributed by atoms with E-state index in [4.69, 9.17) is 4.74 Å². The van der Waals surface area contributed by atoms with Crippen LogP contribution in [-0.2, 0) is 0 Å². The summed E-state index contributed by atoms with van der Waals surface area (Å²) in [6, 6.07) is 17.6. The van der Waals surface area contributed by atoms with Crippen LogP contribution in [0.25, 0.3) is 0 Å². The summed E-state index contributed by atoms with van der Waals surface area (Å²) in [6.07, 6.45) is 1.46. The third-order valence-electron chi connectivity index (χ3n) is 3.60. The van der Waals surface area contributed by atoms with Crippen molar-refractivity contribution in [1.29, 1.82) is 0 Å². The molecule has 0 aliphatic rings. The van der Waals surface area contributed by atoms with Gasteiger partial charge in [0.25, 0.3) is 0 Å². The van der Waals surface area contributed by atoms with Crippen molar-refractivity contribution in [2.24, 2.45) is 0 Å². The molecule has 0 heterocycles. The fourth-order valence-electron chi connectivity index (χ4n) is 2.43. The van der Waals surface area contributed by atoms with E-state index in [0.717, 1.165) is 6.42 Å². The number of hydrogen-bond donors (Lipinski definition) is 0. The van der Waals surface area contributed by atoms with Crippen LogP contribution in [0.1, 0.15) is 41.6 Å². The highest BCUT2D eigenvalue weighted by molar-refractivity contribution is 5.99. The lowest BCUT2D eigenvalue weighted by molar-refractivity contribution is 0.0970. The van der Waals surface area contributed by atoms with Gasteiger partial charge in [0.2, 0.25) is 0 Å². The number of ether oxygens (including phenoxy) is 1. The number of carbonyl (C=O) groups excluding carboxylic acids is 1. The molecule has 0 aliphatic carbocycles. The standard InChI is InChI=1S/C18H20O2/c1-3-14(15-9-5-4-6-10-15)13-17(19)16-11-7-8-12-18(16)20-2/h4-12,14H,3,13H2,1-2H3/t14-/m0/s1. The Labute approximate surface area is 120 Å². The quantitative estimate of drug-likeness (QED) is 0.723. The molecule has 2 nitrogen and oxygen atoms in total. The number of Topliss-reactive ketones (excluding diaryl/α,β-unsaturated/α-hetero) is 1. The maximum Gasteiger partial charge on any atom is 0.167 e. The molecule has 0 N–H and O–H groups in total. The molecule has 2 aromatic carbocycles. The summed E-state index contributed by atoms with van der Waals surface area (Å²) >= 11 is 0. The lowest BCUT2D eigenvalue weighted by Gasteiger charge is -2.15. The second-order valence-corrected chi connectivity index (χ2v) is 4.84. The normalized spacial score (nSPS) is 11.9. The number of benzene rings is 2. The van der Waals surface area contributed by atoms with Gasteiger partial charge in [-0.25, -0.2) is 0 Å². The average Bonchev–Trinajstić information content (AvgIpc) is 2.53. The fourth-order valence-corrected chi connectivity index (χ4v) is 2.43. The van der Waals surface area contributed by atoms with E-state index in [0.29, 0.717) is 17.7 Å². The average molecular weight is 268 g/mol. The third kappa shape index (κ3) is 3.27. The second kappa shape index (κ2) is 6.90. The summed E-state index contributed by atoms with van der Waals surface area (Å²) in [6.45, 7) is 2.12. The Balaban J connectivity index is 2.18. The van der Waals surface area contributed by atoms with E-state index in [1.165, 1.54) is 5.56 Å². The molecular formula is C18H20O2. The van der Waals surface area contributed by atoms with Gasteiger partial charge in [0, 0.05) is 6.42 Å². The number of carbonyl (C=O) groups is 1. The minimum atomic E-state index is 0.137. The highest BCUT2D eigenvalue weighted by atomic mass is 16.5. The Morgan fingerprint density at radius 3 is 2.35 bits per heavy atom. The topological polar surface area (TPSA) is 26.3 Å². The van der Waals surface area contributed by atoms with Crippen LogP contribution in [0.2, 0.25) is 0 Å². The summed E-state index contributed by atoms with van der Waals surface area (Å²) in [7, 11) is 1.60. The highest BCUT2D eigenvalue weighted by Gasteiger charge is 2.18. The van der Waals surface area contributed by atoms with Gasteiger partial charge in [-0.3, -0.25) is 4.79 Å². The minimum Gasteiger partial charge on any atom is -0.496 e. The predicted octanol–water partition coefficient (Wildman–Crippen LogP) is 4.46. The zero-order valence-electron chi connectivity index (χ0n) is 12.0. The van der Waals surface area contributed by atoms with Gasteiger partial charge in [-0.15, -0.1) is 0 Å². The van der Waals surface area contributed by atoms with Crippen molar-refractivity contribution in [3.63, 3.8) is 0 Å². The minimum absolute atomic E-state index is 0.137. The van der Waals surface area contributed by atoms with Crippen molar-refractivity contribution in [1.82, 2.24) is 0 Å². The van der Waals surface area contributed by atoms with E-state index in [1.807, 2.05) is 42.5 Å². The smallest absolute Gasteiger partial charge is 0.167 e. The molecule has 0 unspecified atom stereocenters. The lowest BCUT2D eigenvalue weighted by atomic mass is 9.89. The van der Waals surface area contributed by atoms with Gasteiger partial charge < -0.3 is 4.74 Å². The molecule has 1 atom stereocenters. The van der Waals surface area contributed by atoms with Gasteiger partial charge >= 0.3 is 0 Å². The van der Waals surface area contributed by atoms with Crippen LogP contribution in [-0.4, -0.2) is 12.9 Å². The van der Waals surface area contributed by atoms with Gasteiger partial charge in [-0.05, 0) is 30.0 Å². The first-order valence-corrected chi connectivity index (χ1v) is 6.97. The summed E-state index contributed by atoms with van der Waals surface area (Å²) in [5.41, 5.74) is 1.89. The van der Waals surface area contributed by atoms with Gasteiger partial charge in [0.1, 0.15) is 5.75 Å². The van der Waals surface area contributed by atoms with Gasteiger partial charge in [-0.1, -0.05) is 49.4 Å². The number of para-hydroxylation sites is 1. The molecule has 2 aromatic rings. The Morgan fingerprint density at radius 2 is 1.70 bits per heavy atom. The summed E-state index contributed by atoms with van der Waals surface area (Å²) in [5, 5.41) is 0. The molecule has 2 rings (SSSR count). The van der Waals surface area contributed by atoms with E-state index in [2.05, 4.69) is 19.1 Å². The molecule has 20 heavy (non-hydrogen) atoms. The number of methoxy groups -OCH3 is 1. The Kier molecular flexibility index (Phi) is 4.94. The number of ketones is 1. The molecule has 0 radical (unpaired) electrons. The SMILES string of the molecule is CC[C@@H](CC(=O)c1ccccc1OC)c1ccccc1. The largest absolute Gasteiger partial charge is 0.496 e. The Morgan fingerprint density at radius 1 is 1.05 bits per heavy atom. The molecular weight excluding hydrogens is 248 g/mol. The van der Waals surface area contributed by atoms with E-state index < -0.39 is 0 Å². The van der Waals surface area contributed by atoms with E-state index in [1.54, 1.807) is 7.11 Å². The van der Waals surface area contributed by atoms with Crippen LogP contribution in [0.5, 0.6) is 5.75 Å². The summed E-state index contributed by atoms with van der Waals surface area (Å²) in [5.74, 6) is 1.05. The predicted molar refractivity (Wildman–Crippen MR) is 81.4 cm³/mol. The summed E-state index contributed by atoms with van der Waals surface area (Å²) in [4.78, 5) is 12.5. The van der Waals surface area contributed by atoms with Crippen molar-refractivity contribution < 1.29 is 9.53 Å². The Bertz CT molecular complexity index is 561. The first kappa shape index (κ1) is 14.3. The van der Waals surface area contributed by atoms with Crippen LogP contribution in [0, 0.1) is 0 Å². The van der Waals surface area contributed by atoms with Crippen LogP contribution < -0.4 is 4.74 Å². The van der Waals surface area contributed by atoms with Crippen molar-refractivity contribution in [3.8, 4) is 5.75 Å². The zero-order chi connectivity index (χ0) is 14.4. The van der Waals surface area contributed by atoms with Gasteiger partial charge in [0.05, 0.1) is 12.7 Å². The molecule has 0 bridgehead atoms. The van der Waals surface area contributed by atoms with E-state index in [9.17, 15) is 4.79 Å². The molecule has 0 amide bonds. The maximum atomic E-state index is 12.5. The molecule has 0 aliphatic heterocycles. The van der Waals surface area contributed by atoms with Crippen molar-refractivity contribution >= 4 is 5.78 Å². The van der Waals surface area contributed by atoms with Crippen LogP contribution in [0.15, 0.2) is 54.6 Å². The van der Waals surface area contributed by atoms with Crippen LogP contribution in [0.3, 0.4) is 0 Å². The van der Waals surface area contributed by atoms with E-state index in [-0.39, 0.29) is 11.7 Å². The molecule has 2 heteroatoms. The van der Waals surface area contributed by atoms with Gasteiger partial charge in [-0.2, -0.15) is 0 Å². The fraction of sp³-hybridized carbons (Fsp3) is 0.278. The van der Waals surface area contributed by atoms with Crippen molar-refractivity contribution in [2.75, 3.05) is 7.11 Å². The van der Waals surface area contributed by atoms with Crippen molar-refractivity contribution in [2.45, 2.75) is 25.7 Å². The van der Waals surface area contributed by atoms with Gasteiger partial charge in [0.15, 0.2) is 5.78 Å².